The number of carbonyl (C=O) groups excluding carboxylic acids is 2. The second-order valence-corrected chi connectivity index (χ2v) is 8.83. The lowest BCUT2D eigenvalue weighted by Crippen LogP contribution is -2.24. The Morgan fingerprint density at radius 1 is 1.00 bits per heavy atom. The van der Waals surface area contributed by atoms with Crippen LogP contribution in [-0.4, -0.2) is 32.5 Å². The Morgan fingerprint density at radius 3 is 2.32 bits per heavy atom. The molecule has 3 rings (SSSR count). The molecule has 0 bridgehead atoms. The van der Waals surface area contributed by atoms with Gasteiger partial charge in [0.1, 0.15) is 11.5 Å². The molecule has 0 fully saturated rings. The lowest BCUT2D eigenvalue weighted by molar-refractivity contribution is -0.146. The Kier molecular flexibility index (Phi) is 6.91. The lowest BCUT2D eigenvalue weighted by Gasteiger charge is -2.12. The Hall–Kier alpha value is -3.39. The van der Waals surface area contributed by atoms with E-state index in [1.165, 1.54) is 31.2 Å². The summed E-state index contributed by atoms with van der Waals surface area (Å²) < 4.78 is 35.8. The van der Waals surface area contributed by atoms with E-state index in [9.17, 15) is 18.0 Å². The van der Waals surface area contributed by atoms with E-state index in [0.717, 1.165) is 17.6 Å². The molecule has 1 unspecified atom stereocenters. The monoisotopic (exact) mass is 441 g/mol. The maximum absolute atomic E-state index is 12.5. The van der Waals surface area contributed by atoms with Crippen LogP contribution in [0.25, 0.3) is 11.3 Å². The molecule has 7 nitrogen and oxygen atoms in total. The molecule has 2 aromatic carbocycles. The van der Waals surface area contributed by atoms with Crippen molar-refractivity contribution in [2.24, 2.45) is 0 Å². The van der Waals surface area contributed by atoms with Crippen LogP contribution in [-0.2, 0) is 26.0 Å². The Balaban J connectivity index is 1.51. The number of ketones is 1. The molecule has 31 heavy (non-hydrogen) atoms. The summed E-state index contributed by atoms with van der Waals surface area (Å²) >= 11 is 0. The Morgan fingerprint density at radius 2 is 1.68 bits per heavy atom. The zero-order valence-electron chi connectivity index (χ0n) is 17.2. The van der Waals surface area contributed by atoms with E-state index in [4.69, 9.17) is 9.15 Å². The number of anilines is 1. The normalized spacial score (nSPS) is 12.2. The summed E-state index contributed by atoms with van der Waals surface area (Å²) in [6.45, 7) is 1.50. The lowest BCUT2D eigenvalue weighted by atomic mass is 10.1. The third kappa shape index (κ3) is 6.55. The molecule has 0 amide bonds. The minimum atomic E-state index is -3.40. The number of hydrogen-bond donors (Lipinski definition) is 1. The number of Topliss-reactive ketones (excluding diaryl/α,β-unsaturated/α-hetero) is 1. The number of sulfonamides is 1. The van der Waals surface area contributed by atoms with Gasteiger partial charge in [-0.1, -0.05) is 30.3 Å². The number of hydrogen-bond acceptors (Lipinski definition) is 6. The molecule has 1 heterocycles. The van der Waals surface area contributed by atoms with Crippen molar-refractivity contribution in [3.8, 4) is 11.3 Å². The molecule has 0 spiro atoms. The molecule has 1 atom stereocenters. The highest BCUT2D eigenvalue weighted by molar-refractivity contribution is 7.92. The maximum atomic E-state index is 12.5. The van der Waals surface area contributed by atoms with Crippen LogP contribution in [0.2, 0.25) is 0 Å². The van der Waals surface area contributed by atoms with Gasteiger partial charge in [0, 0.05) is 23.2 Å². The van der Waals surface area contributed by atoms with Crippen LogP contribution in [0.5, 0.6) is 0 Å². The van der Waals surface area contributed by atoms with Crippen molar-refractivity contribution in [1.29, 1.82) is 0 Å². The van der Waals surface area contributed by atoms with E-state index in [1.54, 1.807) is 0 Å². The fourth-order valence-corrected chi connectivity index (χ4v) is 3.52. The van der Waals surface area contributed by atoms with Crippen LogP contribution in [0, 0.1) is 0 Å². The molecule has 0 radical (unpaired) electrons. The molecule has 0 aliphatic carbocycles. The van der Waals surface area contributed by atoms with Gasteiger partial charge in [-0.2, -0.15) is 0 Å². The van der Waals surface area contributed by atoms with Gasteiger partial charge in [-0.3, -0.25) is 14.3 Å². The van der Waals surface area contributed by atoms with Crippen LogP contribution in [0.3, 0.4) is 0 Å². The number of nitrogens with one attached hydrogen (secondary N) is 1. The standard InChI is InChI=1S/C23H23NO6S/c1-16(23(26)18-8-10-19(11-9-18)24-31(2,27)28)29-22(25)15-13-20-12-14-21(30-20)17-6-4-3-5-7-17/h3-12,14,16,24H,13,15H2,1-2H3. The van der Waals surface area contributed by atoms with Gasteiger partial charge in [-0.15, -0.1) is 0 Å². The minimum Gasteiger partial charge on any atom is -0.461 e. The highest BCUT2D eigenvalue weighted by Crippen LogP contribution is 2.22. The summed E-state index contributed by atoms with van der Waals surface area (Å²) in [6, 6.07) is 19.2. The molecular weight excluding hydrogens is 418 g/mol. The molecular formula is C23H23NO6S. The number of furan rings is 1. The summed E-state index contributed by atoms with van der Waals surface area (Å²) in [4.78, 5) is 24.6. The van der Waals surface area contributed by atoms with Gasteiger partial charge in [0.25, 0.3) is 0 Å². The van der Waals surface area contributed by atoms with Gasteiger partial charge in [0.15, 0.2) is 6.10 Å². The number of rotatable bonds is 9. The molecule has 8 heteroatoms. The van der Waals surface area contributed by atoms with Crippen molar-refractivity contribution in [1.82, 2.24) is 0 Å². The first-order chi connectivity index (χ1) is 14.7. The summed E-state index contributed by atoms with van der Waals surface area (Å²) in [5.74, 6) is 0.502. The van der Waals surface area contributed by atoms with Crippen LogP contribution in [0.15, 0.2) is 71.1 Å². The smallest absolute Gasteiger partial charge is 0.306 e. The van der Waals surface area contributed by atoms with E-state index in [1.807, 2.05) is 42.5 Å². The second kappa shape index (κ2) is 9.61. The van der Waals surface area contributed by atoms with E-state index in [-0.39, 0.29) is 12.2 Å². The molecule has 1 N–H and O–H groups in total. The predicted octanol–water partition coefficient (Wildman–Crippen LogP) is 4.07. The van der Waals surface area contributed by atoms with Gasteiger partial charge in [0.05, 0.1) is 12.7 Å². The van der Waals surface area contributed by atoms with Crippen LogP contribution < -0.4 is 4.72 Å². The Bertz CT molecular complexity index is 1150. The molecule has 1 aromatic heterocycles. The third-order valence-electron chi connectivity index (χ3n) is 4.45. The van der Waals surface area contributed by atoms with Crippen molar-refractivity contribution in [2.45, 2.75) is 25.9 Å². The first-order valence-electron chi connectivity index (χ1n) is 9.67. The molecule has 0 aliphatic heterocycles. The third-order valence-corrected chi connectivity index (χ3v) is 5.05. The molecule has 0 saturated heterocycles. The van der Waals surface area contributed by atoms with Gasteiger partial charge in [0.2, 0.25) is 15.8 Å². The first-order valence-corrected chi connectivity index (χ1v) is 11.6. The summed E-state index contributed by atoms with van der Waals surface area (Å²) in [7, 11) is -3.40. The van der Waals surface area contributed by atoms with Gasteiger partial charge in [-0.05, 0) is 43.3 Å². The van der Waals surface area contributed by atoms with Crippen LogP contribution in [0.1, 0.15) is 29.5 Å². The number of aryl methyl sites for hydroxylation is 1. The van der Waals surface area contributed by atoms with Crippen molar-refractivity contribution < 1.29 is 27.2 Å². The van der Waals surface area contributed by atoms with Crippen molar-refractivity contribution >= 4 is 27.5 Å². The van der Waals surface area contributed by atoms with Crippen molar-refractivity contribution in [2.75, 3.05) is 11.0 Å². The van der Waals surface area contributed by atoms with E-state index in [2.05, 4.69) is 4.72 Å². The Labute approximate surface area is 181 Å². The maximum Gasteiger partial charge on any atom is 0.306 e. The van der Waals surface area contributed by atoms with Crippen LogP contribution >= 0.6 is 0 Å². The van der Waals surface area contributed by atoms with Gasteiger partial charge >= 0.3 is 5.97 Å². The minimum absolute atomic E-state index is 0.0799. The molecule has 162 valence electrons. The summed E-state index contributed by atoms with van der Waals surface area (Å²) in [5.41, 5.74) is 1.61. The summed E-state index contributed by atoms with van der Waals surface area (Å²) in [6.07, 6.45) is 0.520. The average Bonchev–Trinajstić information content (AvgIpc) is 3.21. The fraction of sp³-hybridized carbons (Fsp3) is 0.217. The number of benzene rings is 2. The number of ether oxygens (including phenoxy) is 1. The predicted molar refractivity (Wildman–Crippen MR) is 117 cm³/mol. The largest absolute Gasteiger partial charge is 0.461 e. The van der Waals surface area contributed by atoms with E-state index >= 15 is 0 Å². The SMILES string of the molecule is CC(OC(=O)CCc1ccc(-c2ccccc2)o1)C(=O)c1ccc(NS(C)(=O)=O)cc1. The van der Waals surface area contributed by atoms with E-state index < -0.39 is 22.1 Å². The molecule has 0 aliphatic rings. The first kappa shape index (κ1) is 22.3. The van der Waals surface area contributed by atoms with Gasteiger partial charge < -0.3 is 9.15 Å². The second-order valence-electron chi connectivity index (χ2n) is 7.08. The topological polar surface area (TPSA) is 103 Å². The van der Waals surface area contributed by atoms with Crippen molar-refractivity contribution in [3.63, 3.8) is 0 Å². The highest BCUT2D eigenvalue weighted by Gasteiger charge is 2.20. The number of esters is 1. The van der Waals surface area contributed by atoms with Crippen molar-refractivity contribution in [3.05, 3.63) is 78.1 Å². The van der Waals surface area contributed by atoms with Crippen LogP contribution in [0.4, 0.5) is 5.69 Å². The van der Waals surface area contributed by atoms with E-state index in [0.29, 0.717) is 23.4 Å². The fourth-order valence-electron chi connectivity index (χ4n) is 2.96. The zero-order chi connectivity index (χ0) is 22.4. The average molecular weight is 442 g/mol. The number of carbonyl (C=O) groups is 2. The highest BCUT2D eigenvalue weighted by atomic mass is 32.2. The molecule has 3 aromatic rings. The molecule has 0 saturated carbocycles. The summed E-state index contributed by atoms with van der Waals surface area (Å²) in [5, 5.41) is 0. The van der Waals surface area contributed by atoms with Gasteiger partial charge in [-0.25, -0.2) is 8.42 Å². The quantitative estimate of drug-likeness (QED) is 0.397. The zero-order valence-corrected chi connectivity index (χ0v) is 18.0.